The molecule has 1 heterocycles. The van der Waals surface area contributed by atoms with E-state index in [1.807, 2.05) is 0 Å². The third-order valence-corrected chi connectivity index (χ3v) is 4.60. The highest BCUT2D eigenvalue weighted by Crippen LogP contribution is 2.28. The first-order chi connectivity index (χ1) is 8.40. The predicted octanol–water partition coefficient (Wildman–Crippen LogP) is 3.66. The molecule has 1 N–H and O–H groups in total. The van der Waals surface area contributed by atoms with Crippen molar-refractivity contribution in [3.8, 4) is 0 Å². The Bertz CT molecular complexity index is 230. The molecule has 0 aromatic rings. The van der Waals surface area contributed by atoms with Crippen LogP contribution in [0.25, 0.3) is 0 Å². The number of hydrogen-bond donors (Lipinski definition) is 1. The monoisotopic (exact) mass is 254 g/mol. The van der Waals surface area contributed by atoms with Gasteiger partial charge >= 0.3 is 0 Å². The minimum Gasteiger partial charge on any atom is -0.314 e. The van der Waals surface area contributed by atoms with Gasteiger partial charge < -0.3 is 5.32 Å². The molecule has 0 spiro atoms. The molecule has 2 heteroatoms. The van der Waals surface area contributed by atoms with Crippen LogP contribution in [0.1, 0.15) is 67.2 Å². The second kappa shape index (κ2) is 6.91. The van der Waals surface area contributed by atoms with Crippen LogP contribution in [-0.4, -0.2) is 36.1 Å². The standard InChI is InChI=1S/C16H34N2/c1-7-14-10-9-13(3)18(14)12-11-15(17-8-2)16(4,5)6/h13-15,17H,7-12H2,1-6H3. The van der Waals surface area contributed by atoms with Crippen LogP contribution in [0.4, 0.5) is 0 Å². The number of likely N-dealkylation sites (tertiary alicyclic amines) is 1. The van der Waals surface area contributed by atoms with E-state index < -0.39 is 0 Å². The SMILES string of the molecule is CCNC(CCN1C(C)CCC1CC)C(C)(C)C. The van der Waals surface area contributed by atoms with E-state index in [1.165, 1.54) is 32.2 Å². The Labute approximate surface area is 115 Å². The topological polar surface area (TPSA) is 15.3 Å². The van der Waals surface area contributed by atoms with E-state index in [0.717, 1.165) is 18.6 Å². The third-order valence-electron chi connectivity index (χ3n) is 4.60. The Hall–Kier alpha value is -0.0800. The molecule has 108 valence electrons. The summed E-state index contributed by atoms with van der Waals surface area (Å²) >= 11 is 0. The van der Waals surface area contributed by atoms with Gasteiger partial charge in [0.25, 0.3) is 0 Å². The fourth-order valence-electron chi connectivity index (χ4n) is 3.33. The fraction of sp³-hybridized carbons (Fsp3) is 1.00. The zero-order chi connectivity index (χ0) is 13.8. The molecule has 0 aromatic carbocycles. The molecule has 1 saturated heterocycles. The lowest BCUT2D eigenvalue weighted by Crippen LogP contribution is -2.44. The number of nitrogens with one attached hydrogen (secondary N) is 1. The molecule has 3 unspecified atom stereocenters. The van der Waals surface area contributed by atoms with Gasteiger partial charge in [0, 0.05) is 24.7 Å². The molecule has 1 fully saturated rings. The van der Waals surface area contributed by atoms with Gasteiger partial charge in [-0.2, -0.15) is 0 Å². The van der Waals surface area contributed by atoms with Crippen LogP contribution in [0.5, 0.6) is 0 Å². The van der Waals surface area contributed by atoms with E-state index in [1.54, 1.807) is 0 Å². The van der Waals surface area contributed by atoms with Crippen LogP contribution in [-0.2, 0) is 0 Å². The van der Waals surface area contributed by atoms with Crippen molar-refractivity contribution >= 4 is 0 Å². The minimum atomic E-state index is 0.362. The smallest absolute Gasteiger partial charge is 0.0128 e. The van der Waals surface area contributed by atoms with Crippen LogP contribution >= 0.6 is 0 Å². The average molecular weight is 254 g/mol. The van der Waals surface area contributed by atoms with Crippen LogP contribution in [0.3, 0.4) is 0 Å². The maximum atomic E-state index is 3.67. The summed E-state index contributed by atoms with van der Waals surface area (Å²) in [6.07, 6.45) is 5.38. The largest absolute Gasteiger partial charge is 0.314 e. The van der Waals surface area contributed by atoms with E-state index in [2.05, 4.69) is 51.8 Å². The molecule has 1 aliphatic heterocycles. The highest BCUT2D eigenvalue weighted by atomic mass is 15.2. The fourth-order valence-corrected chi connectivity index (χ4v) is 3.33. The van der Waals surface area contributed by atoms with Crippen molar-refractivity contribution in [1.29, 1.82) is 0 Å². The molecular weight excluding hydrogens is 220 g/mol. The quantitative estimate of drug-likeness (QED) is 0.778. The van der Waals surface area contributed by atoms with E-state index in [9.17, 15) is 0 Å². The maximum Gasteiger partial charge on any atom is 0.0128 e. The predicted molar refractivity (Wildman–Crippen MR) is 81.0 cm³/mol. The van der Waals surface area contributed by atoms with Crippen molar-refractivity contribution in [2.75, 3.05) is 13.1 Å². The van der Waals surface area contributed by atoms with E-state index >= 15 is 0 Å². The molecule has 0 aromatic heterocycles. The highest BCUT2D eigenvalue weighted by molar-refractivity contribution is 4.87. The Kier molecular flexibility index (Phi) is 6.13. The van der Waals surface area contributed by atoms with Crippen LogP contribution in [0.15, 0.2) is 0 Å². The van der Waals surface area contributed by atoms with Crippen molar-refractivity contribution in [3.05, 3.63) is 0 Å². The molecular formula is C16H34N2. The summed E-state index contributed by atoms with van der Waals surface area (Å²) in [5, 5.41) is 3.67. The molecule has 3 atom stereocenters. The molecule has 0 radical (unpaired) electrons. The molecule has 0 bridgehead atoms. The molecule has 0 saturated carbocycles. The maximum absolute atomic E-state index is 3.67. The van der Waals surface area contributed by atoms with Gasteiger partial charge in [-0.05, 0) is 44.6 Å². The van der Waals surface area contributed by atoms with Gasteiger partial charge in [-0.15, -0.1) is 0 Å². The summed E-state index contributed by atoms with van der Waals surface area (Å²) in [6, 6.07) is 2.26. The zero-order valence-corrected chi connectivity index (χ0v) is 13.4. The summed E-state index contributed by atoms with van der Waals surface area (Å²) < 4.78 is 0. The van der Waals surface area contributed by atoms with Crippen molar-refractivity contribution in [1.82, 2.24) is 10.2 Å². The van der Waals surface area contributed by atoms with Crippen LogP contribution in [0.2, 0.25) is 0 Å². The molecule has 2 nitrogen and oxygen atoms in total. The molecule has 1 aliphatic rings. The third kappa shape index (κ3) is 4.24. The lowest BCUT2D eigenvalue weighted by molar-refractivity contribution is 0.164. The lowest BCUT2D eigenvalue weighted by atomic mass is 9.84. The van der Waals surface area contributed by atoms with Crippen molar-refractivity contribution in [3.63, 3.8) is 0 Å². The summed E-state index contributed by atoms with van der Waals surface area (Å²) in [6.45, 7) is 16.3. The molecule has 18 heavy (non-hydrogen) atoms. The second-order valence-electron chi connectivity index (χ2n) is 6.99. The van der Waals surface area contributed by atoms with E-state index in [0.29, 0.717) is 11.5 Å². The number of nitrogens with zero attached hydrogens (tertiary/aromatic N) is 1. The van der Waals surface area contributed by atoms with Gasteiger partial charge in [-0.1, -0.05) is 34.6 Å². The first-order valence-electron chi connectivity index (χ1n) is 7.89. The number of hydrogen-bond acceptors (Lipinski definition) is 2. The van der Waals surface area contributed by atoms with Crippen molar-refractivity contribution in [2.45, 2.75) is 85.4 Å². The molecule has 1 rings (SSSR count). The summed E-state index contributed by atoms with van der Waals surface area (Å²) in [7, 11) is 0. The average Bonchev–Trinajstić information content (AvgIpc) is 2.64. The first-order valence-corrected chi connectivity index (χ1v) is 7.89. The molecule has 0 aliphatic carbocycles. The summed E-state index contributed by atoms with van der Waals surface area (Å²) in [5.74, 6) is 0. The summed E-state index contributed by atoms with van der Waals surface area (Å²) in [4.78, 5) is 2.75. The van der Waals surface area contributed by atoms with Gasteiger partial charge in [0.05, 0.1) is 0 Å². The van der Waals surface area contributed by atoms with Gasteiger partial charge in [0.15, 0.2) is 0 Å². The normalized spacial score (nSPS) is 27.7. The van der Waals surface area contributed by atoms with Crippen molar-refractivity contribution in [2.24, 2.45) is 5.41 Å². The summed E-state index contributed by atoms with van der Waals surface area (Å²) in [5.41, 5.74) is 0.362. The minimum absolute atomic E-state index is 0.362. The van der Waals surface area contributed by atoms with Gasteiger partial charge in [0.2, 0.25) is 0 Å². The second-order valence-corrected chi connectivity index (χ2v) is 6.99. The van der Waals surface area contributed by atoms with Crippen LogP contribution in [0, 0.1) is 5.41 Å². The van der Waals surface area contributed by atoms with Gasteiger partial charge in [-0.25, -0.2) is 0 Å². The Balaban J connectivity index is 2.50. The van der Waals surface area contributed by atoms with E-state index in [-0.39, 0.29) is 0 Å². The Morgan fingerprint density at radius 3 is 2.39 bits per heavy atom. The number of rotatable bonds is 6. The van der Waals surface area contributed by atoms with Gasteiger partial charge in [0.1, 0.15) is 0 Å². The first kappa shape index (κ1) is 16.0. The van der Waals surface area contributed by atoms with Crippen LogP contribution < -0.4 is 5.32 Å². The zero-order valence-electron chi connectivity index (χ0n) is 13.4. The van der Waals surface area contributed by atoms with E-state index in [4.69, 9.17) is 0 Å². The highest BCUT2D eigenvalue weighted by Gasteiger charge is 2.31. The Morgan fingerprint density at radius 2 is 1.89 bits per heavy atom. The molecule has 0 amide bonds. The van der Waals surface area contributed by atoms with Gasteiger partial charge in [-0.3, -0.25) is 4.90 Å². The lowest BCUT2D eigenvalue weighted by Gasteiger charge is -2.35. The van der Waals surface area contributed by atoms with Crippen molar-refractivity contribution < 1.29 is 0 Å². The Morgan fingerprint density at radius 1 is 1.22 bits per heavy atom.